The topological polar surface area (TPSA) is 53.7 Å². The van der Waals surface area contributed by atoms with Gasteiger partial charge in [-0.15, -0.1) is 0 Å². The first-order valence-corrected chi connectivity index (χ1v) is 7.07. The molecule has 1 aliphatic rings. The van der Waals surface area contributed by atoms with E-state index in [9.17, 15) is 0 Å². The molecule has 2 N–H and O–H groups in total. The van der Waals surface area contributed by atoms with Gasteiger partial charge in [-0.3, -0.25) is 0 Å². The van der Waals surface area contributed by atoms with E-state index in [0.717, 1.165) is 28.2 Å². The van der Waals surface area contributed by atoms with Crippen LogP contribution in [0.5, 0.6) is 11.5 Å². The van der Waals surface area contributed by atoms with Crippen LogP contribution < -0.4 is 15.2 Å². The van der Waals surface area contributed by atoms with E-state index in [1.165, 1.54) is 0 Å². The predicted molar refractivity (Wildman–Crippen MR) is 80.4 cm³/mol. The summed E-state index contributed by atoms with van der Waals surface area (Å²) < 4.78 is 16.6. The molecule has 0 bridgehead atoms. The third-order valence-corrected chi connectivity index (χ3v) is 3.50. The van der Waals surface area contributed by atoms with E-state index < -0.39 is 0 Å². The zero-order valence-corrected chi connectivity index (χ0v) is 12.2. The molecule has 0 aliphatic carbocycles. The molecular formula is C16H16ClNO3. The van der Waals surface area contributed by atoms with Crippen LogP contribution in [0.3, 0.4) is 0 Å². The number of benzene rings is 2. The van der Waals surface area contributed by atoms with Crippen LogP contribution in [0.2, 0.25) is 5.02 Å². The van der Waals surface area contributed by atoms with E-state index in [2.05, 4.69) is 0 Å². The maximum Gasteiger partial charge on any atom is 0.189 e. The van der Waals surface area contributed by atoms with Crippen LogP contribution in [0, 0.1) is 0 Å². The second kappa shape index (κ2) is 6.35. The first kappa shape index (κ1) is 14.2. The van der Waals surface area contributed by atoms with Crippen molar-refractivity contribution in [2.24, 2.45) is 5.73 Å². The largest absolute Gasteiger partial charge is 0.489 e. The van der Waals surface area contributed by atoms with Gasteiger partial charge in [0, 0.05) is 22.7 Å². The summed E-state index contributed by atoms with van der Waals surface area (Å²) in [6.45, 7) is 1.64. The number of fused-ring (bicyclic) bond motifs is 1. The smallest absolute Gasteiger partial charge is 0.189 e. The average Bonchev–Trinajstić information content (AvgIpc) is 2.52. The summed E-state index contributed by atoms with van der Waals surface area (Å²) in [4.78, 5) is 0. The minimum atomic E-state index is 0.254. The zero-order chi connectivity index (χ0) is 14.7. The summed E-state index contributed by atoms with van der Waals surface area (Å²) in [5, 5.41) is 0.650. The number of ether oxygens (including phenoxy) is 3. The molecule has 3 rings (SSSR count). The summed E-state index contributed by atoms with van der Waals surface area (Å²) in [5.41, 5.74) is 8.53. The molecule has 0 saturated heterocycles. The van der Waals surface area contributed by atoms with Gasteiger partial charge in [-0.25, -0.2) is 0 Å². The van der Waals surface area contributed by atoms with Crippen molar-refractivity contribution in [2.45, 2.75) is 19.8 Å². The third kappa shape index (κ3) is 3.29. The molecule has 110 valence electrons. The van der Waals surface area contributed by atoms with Crippen LogP contribution in [0.25, 0.3) is 0 Å². The first-order chi connectivity index (χ1) is 10.3. The van der Waals surface area contributed by atoms with Crippen molar-refractivity contribution in [2.75, 3.05) is 6.79 Å². The lowest BCUT2D eigenvalue weighted by Crippen LogP contribution is -2.14. The Morgan fingerprint density at radius 2 is 2.14 bits per heavy atom. The molecule has 1 heterocycles. The van der Waals surface area contributed by atoms with Crippen molar-refractivity contribution in [1.29, 1.82) is 0 Å². The molecule has 2 aromatic rings. The molecule has 0 atom stereocenters. The molecule has 0 saturated carbocycles. The van der Waals surface area contributed by atoms with Crippen molar-refractivity contribution in [1.82, 2.24) is 0 Å². The summed E-state index contributed by atoms with van der Waals surface area (Å²) in [6, 6.07) is 11.4. The van der Waals surface area contributed by atoms with Crippen molar-refractivity contribution in [3.63, 3.8) is 0 Å². The van der Waals surface area contributed by atoms with Crippen molar-refractivity contribution < 1.29 is 14.2 Å². The molecule has 21 heavy (non-hydrogen) atoms. The molecule has 4 nitrogen and oxygen atoms in total. The monoisotopic (exact) mass is 305 g/mol. The van der Waals surface area contributed by atoms with Gasteiger partial charge in [-0.05, 0) is 29.8 Å². The number of halogens is 1. The third-order valence-electron chi connectivity index (χ3n) is 3.28. The molecule has 1 aliphatic heterocycles. The van der Waals surface area contributed by atoms with E-state index in [1.807, 2.05) is 36.4 Å². The van der Waals surface area contributed by atoms with Crippen LogP contribution in [-0.2, 0) is 24.5 Å². The minimum Gasteiger partial charge on any atom is -0.489 e. The van der Waals surface area contributed by atoms with Gasteiger partial charge in [0.2, 0.25) is 0 Å². The fraction of sp³-hybridized carbons (Fsp3) is 0.250. The maximum absolute atomic E-state index is 6.13. The van der Waals surface area contributed by atoms with Crippen molar-refractivity contribution >= 4 is 11.6 Å². The number of nitrogens with two attached hydrogens (primary N) is 1. The average molecular weight is 306 g/mol. The number of hydrogen-bond donors (Lipinski definition) is 1. The van der Waals surface area contributed by atoms with Crippen LogP contribution >= 0.6 is 11.6 Å². The molecule has 0 amide bonds. The second-order valence-electron chi connectivity index (χ2n) is 4.80. The van der Waals surface area contributed by atoms with Gasteiger partial charge < -0.3 is 19.9 Å². The molecule has 0 fully saturated rings. The standard InChI is InChI=1S/C16H16ClNO3/c17-14-5-12-8-19-10-21-16(12)13(6-14)9-20-15-3-1-2-11(4-15)7-18/h1-6H,7-10,18H2. The highest BCUT2D eigenvalue weighted by Gasteiger charge is 2.16. The predicted octanol–water partition coefficient (Wildman–Crippen LogP) is 3.24. The fourth-order valence-corrected chi connectivity index (χ4v) is 2.55. The van der Waals surface area contributed by atoms with Gasteiger partial charge >= 0.3 is 0 Å². The highest BCUT2D eigenvalue weighted by Crippen LogP contribution is 2.32. The minimum absolute atomic E-state index is 0.254. The van der Waals surface area contributed by atoms with E-state index in [1.54, 1.807) is 0 Å². The lowest BCUT2D eigenvalue weighted by Gasteiger charge is -2.21. The van der Waals surface area contributed by atoms with Gasteiger partial charge in [0.1, 0.15) is 18.1 Å². The van der Waals surface area contributed by atoms with Gasteiger partial charge in [0.05, 0.1) is 6.61 Å². The lowest BCUT2D eigenvalue weighted by molar-refractivity contribution is -0.0175. The molecule has 2 aromatic carbocycles. The quantitative estimate of drug-likeness (QED) is 0.942. The van der Waals surface area contributed by atoms with Crippen LogP contribution in [-0.4, -0.2) is 6.79 Å². The highest BCUT2D eigenvalue weighted by atomic mass is 35.5. The Labute approximate surface area is 128 Å². The van der Waals surface area contributed by atoms with Crippen molar-refractivity contribution in [3.8, 4) is 11.5 Å². The Morgan fingerprint density at radius 1 is 1.24 bits per heavy atom. The van der Waals surface area contributed by atoms with Crippen LogP contribution in [0.4, 0.5) is 0 Å². The second-order valence-corrected chi connectivity index (χ2v) is 5.24. The fourth-order valence-electron chi connectivity index (χ4n) is 2.29. The summed E-state index contributed by atoms with van der Waals surface area (Å²) in [7, 11) is 0. The van der Waals surface area contributed by atoms with E-state index >= 15 is 0 Å². The van der Waals surface area contributed by atoms with Gasteiger partial charge in [0.15, 0.2) is 6.79 Å². The Morgan fingerprint density at radius 3 is 3.00 bits per heavy atom. The molecule has 0 aromatic heterocycles. The van der Waals surface area contributed by atoms with Crippen LogP contribution in [0.1, 0.15) is 16.7 Å². The SMILES string of the molecule is NCc1cccc(OCc2cc(Cl)cc3c2OCOC3)c1. The van der Waals surface area contributed by atoms with Crippen LogP contribution in [0.15, 0.2) is 36.4 Å². The summed E-state index contributed by atoms with van der Waals surface area (Å²) in [6.07, 6.45) is 0. The molecule has 5 heteroatoms. The van der Waals surface area contributed by atoms with E-state index in [-0.39, 0.29) is 6.79 Å². The Hall–Kier alpha value is -1.75. The molecule has 0 spiro atoms. The Balaban J connectivity index is 1.80. The van der Waals surface area contributed by atoms with E-state index in [0.29, 0.717) is 24.8 Å². The zero-order valence-electron chi connectivity index (χ0n) is 11.5. The van der Waals surface area contributed by atoms with Crippen molar-refractivity contribution in [3.05, 3.63) is 58.1 Å². The molecule has 0 unspecified atom stereocenters. The maximum atomic E-state index is 6.13. The van der Waals surface area contributed by atoms with E-state index in [4.69, 9.17) is 31.5 Å². The lowest BCUT2D eigenvalue weighted by atomic mass is 10.1. The van der Waals surface area contributed by atoms with Gasteiger partial charge in [0.25, 0.3) is 0 Å². The first-order valence-electron chi connectivity index (χ1n) is 6.70. The number of hydrogen-bond acceptors (Lipinski definition) is 4. The molecule has 0 radical (unpaired) electrons. The molecular weight excluding hydrogens is 290 g/mol. The highest BCUT2D eigenvalue weighted by molar-refractivity contribution is 6.30. The Kier molecular flexibility index (Phi) is 4.29. The summed E-state index contributed by atoms with van der Waals surface area (Å²) >= 11 is 6.13. The normalized spacial score (nSPS) is 13.4. The summed E-state index contributed by atoms with van der Waals surface area (Å²) in [5.74, 6) is 1.58. The Bertz CT molecular complexity index is 645. The number of rotatable bonds is 4. The van der Waals surface area contributed by atoms with Gasteiger partial charge in [-0.1, -0.05) is 23.7 Å². The van der Waals surface area contributed by atoms with Gasteiger partial charge in [-0.2, -0.15) is 0 Å².